The summed E-state index contributed by atoms with van der Waals surface area (Å²) in [4.78, 5) is 37.2. The van der Waals surface area contributed by atoms with E-state index in [4.69, 9.17) is 4.74 Å². The maximum atomic E-state index is 12.3. The van der Waals surface area contributed by atoms with Gasteiger partial charge in [-0.15, -0.1) is 0 Å². The molecule has 25 heavy (non-hydrogen) atoms. The Balaban J connectivity index is 1.61. The third-order valence-electron chi connectivity index (χ3n) is 3.93. The molecular weight excluding hydrogens is 320 g/mol. The van der Waals surface area contributed by atoms with E-state index >= 15 is 0 Å². The quantitative estimate of drug-likeness (QED) is 0.869. The van der Waals surface area contributed by atoms with E-state index in [1.165, 1.54) is 13.0 Å². The van der Waals surface area contributed by atoms with Crippen LogP contribution in [0.1, 0.15) is 22.8 Å². The Bertz CT molecular complexity index is 832. The van der Waals surface area contributed by atoms with Crippen molar-refractivity contribution in [2.24, 2.45) is 0 Å². The highest BCUT2D eigenvalue weighted by atomic mass is 16.5. The van der Waals surface area contributed by atoms with Crippen LogP contribution in [0.4, 0.5) is 11.4 Å². The fourth-order valence-corrected chi connectivity index (χ4v) is 2.81. The first kappa shape index (κ1) is 16.7. The molecule has 3 rings (SSSR count). The van der Waals surface area contributed by atoms with Crippen molar-refractivity contribution in [3.8, 4) is 0 Å². The van der Waals surface area contributed by atoms with Crippen LogP contribution in [0, 0.1) is 0 Å². The lowest BCUT2D eigenvalue weighted by molar-refractivity contribution is -0.121. The molecule has 0 fully saturated rings. The number of carbonyl (C=O) groups excluding carboxylic acids is 3. The van der Waals surface area contributed by atoms with E-state index in [1.807, 2.05) is 24.3 Å². The van der Waals surface area contributed by atoms with Crippen LogP contribution in [0.15, 0.2) is 48.5 Å². The Hall–Kier alpha value is -3.15. The summed E-state index contributed by atoms with van der Waals surface area (Å²) in [6.07, 6.45) is 0.800. The number of esters is 1. The number of fused-ring (bicyclic) bond motifs is 1. The Kier molecular flexibility index (Phi) is 4.79. The van der Waals surface area contributed by atoms with Gasteiger partial charge in [-0.2, -0.15) is 0 Å². The molecule has 0 radical (unpaired) electrons. The first-order valence-electron chi connectivity index (χ1n) is 7.97. The molecule has 0 saturated heterocycles. The van der Waals surface area contributed by atoms with Gasteiger partial charge in [0.2, 0.25) is 5.91 Å². The minimum atomic E-state index is -0.604. The molecular formula is C19H18N2O4. The lowest BCUT2D eigenvalue weighted by atomic mass is 10.2. The minimum Gasteiger partial charge on any atom is -0.452 e. The molecule has 128 valence electrons. The van der Waals surface area contributed by atoms with Crippen molar-refractivity contribution in [3.05, 3.63) is 59.7 Å². The van der Waals surface area contributed by atoms with Gasteiger partial charge in [-0.05, 0) is 36.2 Å². The molecule has 0 spiro atoms. The highest BCUT2D eigenvalue weighted by Gasteiger charge is 2.25. The van der Waals surface area contributed by atoms with Gasteiger partial charge >= 0.3 is 5.97 Å². The number of para-hydroxylation sites is 1. The fourth-order valence-electron chi connectivity index (χ4n) is 2.81. The molecule has 0 atom stereocenters. The van der Waals surface area contributed by atoms with Gasteiger partial charge in [-0.3, -0.25) is 9.59 Å². The number of ether oxygens (including phenoxy) is 1. The summed E-state index contributed by atoms with van der Waals surface area (Å²) in [7, 11) is 0. The highest BCUT2D eigenvalue weighted by molar-refractivity contribution is 5.99. The average molecular weight is 338 g/mol. The van der Waals surface area contributed by atoms with Crippen LogP contribution in [0.3, 0.4) is 0 Å². The number of hydrogen-bond donors (Lipinski definition) is 1. The van der Waals surface area contributed by atoms with E-state index in [9.17, 15) is 14.4 Å². The normalized spacial score (nSPS) is 12.4. The second kappa shape index (κ2) is 7.17. The molecule has 6 nitrogen and oxygen atoms in total. The Morgan fingerprint density at radius 1 is 1.12 bits per heavy atom. The summed E-state index contributed by atoms with van der Waals surface area (Å²) >= 11 is 0. The summed E-state index contributed by atoms with van der Waals surface area (Å²) < 4.78 is 5.13. The standard InChI is InChI=1S/C19H18N2O4/c1-13(22)20-16-7-4-6-15(11-16)19(24)25-12-18(23)21-10-9-14-5-2-3-8-17(14)21/h2-8,11H,9-10,12H2,1H3,(H,20,22). The van der Waals surface area contributed by atoms with E-state index in [1.54, 1.807) is 23.1 Å². The van der Waals surface area contributed by atoms with Gasteiger partial charge < -0.3 is 15.0 Å². The number of nitrogens with one attached hydrogen (secondary N) is 1. The maximum absolute atomic E-state index is 12.3. The predicted molar refractivity (Wildman–Crippen MR) is 93.5 cm³/mol. The zero-order chi connectivity index (χ0) is 17.8. The smallest absolute Gasteiger partial charge is 0.338 e. The molecule has 0 aliphatic carbocycles. The van der Waals surface area contributed by atoms with Crippen molar-refractivity contribution < 1.29 is 19.1 Å². The molecule has 0 aromatic heterocycles. The number of rotatable bonds is 4. The summed E-state index contributed by atoms with van der Waals surface area (Å²) in [5.74, 6) is -1.09. The second-order valence-electron chi connectivity index (χ2n) is 5.76. The monoisotopic (exact) mass is 338 g/mol. The highest BCUT2D eigenvalue weighted by Crippen LogP contribution is 2.27. The Morgan fingerprint density at radius 2 is 1.92 bits per heavy atom. The summed E-state index contributed by atoms with van der Waals surface area (Å²) in [6.45, 7) is 1.66. The maximum Gasteiger partial charge on any atom is 0.338 e. The molecule has 1 heterocycles. The molecule has 0 saturated carbocycles. The fraction of sp³-hybridized carbons (Fsp3) is 0.211. The zero-order valence-electron chi connectivity index (χ0n) is 13.8. The summed E-state index contributed by atoms with van der Waals surface area (Å²) in [6, 6.07) is 14.1. The molecule has 6 heteroatoms. The van der Waals surface area contributed by atoms with Crippen LogP contribution in [0.25, 0.3) is 0 Å². The predicted octanol–water partition coefficient (Wildman–Crippen LogP) is 2.39. The SMILES string of the molecule is CC(=O)Nc1cccc(C(=O)OCC(=O)N2CCc3ccccc32)c1. The van der Waals surface area contributed by atoms with Crippen molar-refractivity contribution in [2.45, 2.75) is 13.3 Å². The largest absolute Gasteiger partial charge is 0.452 e. The molecule has 0 bridgehead atoms. The lowest BCUT2D eigenvalue weighted by Crippen LogP contribution is -2.33. The van der Waals surface area contributed by atoms with Gasteiger partial charge in [0.1, 0.15) is 0 Å². The van der Waals surface area contributed by atoms with Gasteiger partial charge in [0.15, 0.2) is 6.61 Å². The number of hydrogen-bond acceptors (Lipinski definition) is 4. The van der Waals surface area contributed by atoms with Crippen molar-refractivity contribution in [1.29, 1.82) is 0 Å². The van der Waals surface area contributed by atoms with E-state index in [0.717, 1.165) is 17.7 Å². The van der Waals surface area contributed by atoms with E-state index < -0.39 is 5.97 Å². The van der Waals surface area contributed by atoms with Crippen molar-refractivity contribution in [3.63, 3.8) is 0 Å². The summed E-state index contributed by atoms with van der Waals surface area (Å²) in [5, 5.41) is 2.60. The van der Waals surface area contributed by atoms with Crippen LogP contribution in [0.2, 0.25) is 0 Å². The number of nitrogens with zero attached hydrogens (tertiary/aromatic N) is 1. The molecule has 2 aromatic carbocycles. The lowest BCUT2D eigenvalue weighted by Gasteiger charge is -2.17. The van der Waals surface area contributed by atoms with Crippen molar-refractivity contribution >= 4 is 29.2 Å². The second-order valence-corrected chi connectivity index (χ2v) is 5.76. The molecule has 1 N–H and O–H groups in total. The first-order valence-corrected chi connectivity index (χ1v) is 7.97. The van der Waals surface area contributed by atoms with Gasteiger partial charge in [-0.25, -0.2) is 4.79 Å². The number of carbonyl (C=O) groups is 3. The van der Waals surface area contributed by atoms with Crippen molar-refractivity contribution in [1.82, 2.24) is 0 Å². The van der Waals surface area contributed by atoms with Crippen LogP contribution >= 0.6 is 0 Å². The number of amides is 2. The van der Waals surface area contributed by atoms with E-state index in [2.05, 4.69) is 5.32 Å². The van der Waals surface area contributed by atoms with Gasteiger partial charge in [0.25, 0.3) is 5.91 Å². The third kappa shape index (κ3) is 3.85. The van der Waals surface area contributed by atoms with Crippen LogP contribution < -0.4 is 10.2 Å². The van der Waals surface area contributed by atoms with Crippen LogP contribution in [0.5, 0.6) is 0 Å². The third-order valence-corrected chi connectivity index (χ3v) is 3.93. The topological polar surface area (TPSA) is 75.7 Å². The average Bonchev–Trinajstić information content (AvgIpc) is 3.03. The minimum absolute atomic E-state index is 0.228. The van der Waals surface area contributed by atoms with Crippen molar-refractivity contribution in [2.75, 3.05) is 23.4 Å². The molecule has 2 amide bonds. The molecule has 2 aromatic rings. The van der Waals surface area contributed by atoms with Gasteiger partial charge in [-0.1, -0.05) is 24.3 Å². The van der Waals surface area contributed by atoms with Gasteiger partial charge in [0.05, 0.1) is 5.56 Å². The molecule has 1 aliphatic rings. The van der Waals surface area contributed by atoms with Crippen LogP contribution in [-0.2, 0) is 20.7 Å². The van der Waals surface area contributed by atoms with Crippen LogP contribution in [-0.4, -0.2) is 30.9 Å². The summed E-state index contributed by atoms with van der Waals surface area (Å²) in [5.41, 5.74) is 2.77. The van der Waals surface area contributed by atoms with Gasteiger partial charge in [0, 0.05) is 24.8 Å². The van der Waals surface area contributed by atoms with E-state index in [0.29, 0.717) is 12.2 Å². The Labute approximate surface area is 145 Å². The zero-order valence-corrected chi connectivity index (χ0v) is 13.8. The number of anilines is 2. The molecule has 1 aliphatic heterocycles. The number of benzene rings is 2. The van der Waals surface area contributed by atoms with E-state index in [-0.39, 0.29) is 24.0 Å². The Morgan fingerprint density at radius 3 is 2.72 bits per heavy atom. The molecule has 0 unspecified atom stereocenters. The first-order chi connectivity index (χ1) is 12.0.